The molecule has 0 bridgehead atoms. The van der Waals surface area contributed by atoms with E-state index in [4.69, 9.17) is 0 Å². The highest BCUT2D eigenvalue weighted by Gasteiger charge is 2.20. The lowest BCUT2D eigenvalue weighted by molar-refractivity contribution is -0.394. The molecule has 2 aromatic carbocycles. The highest BCUT2D eigenvalue weighted by atomic mass is 16.7. The van der Waals surface area contributed by atoms with Crippen LogP contribution < -0.4 is 5.48 Å². The number of hydrogen-bond donors (Lipinski definition) is 1. The molecule has 0 heterocycles. The number of nitrogens with one attached hydrogen (secondary N) is 1. The third-order valence-electron chi connectivity index (χ3n) is 3.04. The predicted molar refractivity (Wildman–Crippen MR) is 83.5 cm³/mol. The van der Waals surface area contributed by atoms with E-state index >= 15 is 0 Å². The van der Waals surface area contributed by atoms with Crippen LogP contribution in [0.5, 0.6) is 0 Å². The van der Waals surface area contributed by atoms with Crippen molar-refractivity contribution < 1.29 is 24.3 Å². The Morgan fingerprint density at radius 2 is 1.52 bits per heavy atom. The van der Waals surface area contributed by atoms with Crippen LogP contribution >= 0.6 is 0 Å². The van der Waals surface area contributed by atoms with E-state index in [1.807, 2.05) is 5.48 Å². The SMILES string of the molecule is O=C(Cc1ccccc1)ONC(=O)c1cc([N+](=O)[O-])cc([N+](=O)[O-])c1. The standard InChI is InChI=1S/C15H11N3O7/c19-14(6-10-4-2-1-3-5-10)25-16-15(20)11-7-12(17(21)22)9-13(8-11)18(23)24/h1-5,7-9H,6H2,(H,16,20). The largest absolute Gasteiger partial charge is 0.340 e. The summed E-state index contributed by atoms with van der Waals surface area (Å²) in [7, 11) is 0. The topological polar surface area (TPSA) is 142 Å². The first-order valence-corrected chi connectivity index (χ1v) is 6.84. The summed E-state index contributed by atoms with van der Waals surface area (Å²) in [4.78, 5) is 48.0. The number of non-ortho nitro benzene ring substituents is 2. The molecule has 128 valence electrons. The van der Waals surface area contributed by atoms with Crippen LogP contribution in [0.25, 0.3) is 0 Å². The fraction of sp³-hybridized carbons (Fsp3) is 0.0667. The number of nitro groups is 2. The Balaban J connectivity index is 2.06. The Labute approximate surface area is 140 Å². The van der Waals surface area contributed by atoms with Crippen molar-refractivity contribution in [2.75, 3.05) is 0 Å². The van der Waals surface area contributed by atoms with Crippen molar-refractivity contribution >= 4 is 23.3 Å². The number of carbonyl (C=O) groups excluding carboxylic acids is 2. The van der Waals surface area contributed by atoms with Gasteiger partial charge in [0.05, 0.1) is 27.9 Å². The first-order valence-electron chi connectivity index (χ1n) is 6.84. The molecule has 0 fully saturated rings. The van der Waals surface area contributed by atoms with E-state index in [1.165, 1.54) is 0 Å². The molecule has 0 saturated heterocycles. The molecule has 0 aliphatic heterocycles. The van der Waals surface area contributed by atoms with Crippen LogP contribution in [-0.2, 0) is 16.1 Å². The van der Waals surface area contributed by atoms with Gasteiger partial charge in [-0.25, -0.2) is 4.79 Å². The van der Waals surface area contributed by atoms with E-state index in [0.29, 0.717) is 5.56 Å². The summed E-state index contributed by atoms with van der Waals surface area (Å²) in [5, 5.41) is 21.6. The maximum absolute atomic E-state index is 11.9. The van der Waals surface area contributed by atoms with Gasteiger partial charge in [0, 0.05) is 12.1 Å². The lowest BCUT2D eigenvalue weighted by atomic mass is 10.1. The molecule has 0 saturated carbocycles. The van der Waals surface area contributed by atoms with E-state index < -0.39 is 33.1 Å². The van der Waals surface area contributed by atoms with Gasteiger partial charge in [-0.05, 0) is 5.56 Å². The third-order valence-corrected chi connectivity index (χ3v) is 3.04. The second-order valence-corrected chi connectivity index (χ2v) is 4.82. The number of carbonyl (C=O) groups is 2. The number of rotatable bonds is 5. The van der Waals surface area contributed by atoms with Crippen LogP contribution in [0, 0.1) is 20.2 Å². The molecule has 0 atom stereocenters. The molecule has 0 aliphatic rings. The smallest absolute Gasteiger partial charge is 0.336 e. The van der Waals surface area contributed by atoms with Crippen LogP contribution in [0.15, 0.2) is 48.5 Å². The van der Waals surface area contributed by atoms with Crippen LogP contribution in [0.1, 0.15) is 15.9 Å². The number of hydrogen-bond acceptors (Lipinski definition) is 7. The molecular formula is C15H11N3O7. The van der Waals surface area contributed by atoms with E-state index in [9.17, 15) is 29.8 Å². The minimum Gasteiger partial charge on any atom is -0.340 e. The van der Waals surface area contributed by atoms with Crippen LogP contribution in [0.3, 0.4) is 0 Å². The van der Waals surface area contributed by atoms with Gasteiger partial charge in [-0.2, -0.15) is 5.48 Å². The van der Waals surface area contributed by atoms with Gasteiger partial charge in [0.2, 0.25) is 0 Å². The van der Waals surface area contributed by atoms with Crippen LogP contribution in [-0.4, -0.2) is 21.7 Å². The van der Waals surface area contributed by atoms with Crippen molar-refractivity contribution in [3.63, 3.8) is 0 Å². The summed E-state index contributed by atoms with van der Waals surface area (Å²) in [6.07, 6.45) is -0.101. The molecule has 0 aromatic heterocycles. The Hall–Kier alpha value is -3.82. The van der Waals surface area contributed by atoms with E-state index in [1.54, 1.807) is 30.3 Å². The number of benzene rings is 2. The van der Waals surface area contributed by atoms with Crippen molar-refractivity contribution in [3.05, 3.63) is 79.9 Å². The number of nitrogens with zero attached hydrogens (tertiary/aromatic N) is 2. The Bertz CT molecular complexity index is 804. The van der Waals surface area contributed by atoms with Gasteiger partial charge in [-0.3, -0.25) is 25.0 Å². The predicted octanol–water partition coefficient (Wildman–Crippen LogP) is 1.93. The molecule has 0 spiro atoms. The highest BCUT2D eigenvalue weighted by molar-refractivity contribution is 5.95. The summed E-state index contributed by atoms with van der Waals surface area (Å²) in [6.45, 7) is 0. The molecule has 0 radical (unpaired) electrons. The fourth-order valence-corrected chi connectivity index (χ4v) is 1.90. The lowest BCUT2D eigenvalue weighted by Crippen LogP contribution is -2.28. The lowest BCUT2D eigenvalue weighted by Gasteiger charge is -2.06. The van der Waals surface area contributed by atoms with E-state index in [0.717, 1.165) is 18.2 Å². The molecule has 10 heteroatoms. The van der Waals surface area contributed by atoms with E-state index in [2.05, 4.69) is 4.84 Å². The molecule has 1 amide bonds. The van der Waals surface area contributed by atoms with Crippen LogP contribution in [0.4, 0.5) is 11.4 Å². The average Bonchev–Trinajstić information content (AvgIpc) is 2.60. The van der Waals surface area contributed by atoms with Crippen molar-refractivity contribution in [2.45, 2.75) is 6.42 Å². The maximum atomic E-state index is 11.9. The summed E-state index contributed by atoms with van der Waals surface area (Å²) in [6, 6.07) is 11.0. The van der Waals surface area contributed by atoms with Crippen molar-refractivity contribution in [1.29, 1.82) is 0 Å². The zero-order chi connectivity index (χ0) is 18.4. The second-order valence-electron chi connectivity index (χ2n) is 4.82. The molecule has 1 N–H and O–H groups in total. The van der Waals surface area contributed by atoms with Gasteiger partial charge in [-0.1, -0.05) is 30.3 Å². The minimum absolute atomic E-state index is 0.101. The number of nitro benzene ring substituents is 2. The molecule has 10 nitrogen and oxygen atoms in total. The number of hydroxylamine groups is 1. The molecule has 0 unspecified atom stereocenters. The summed E-state index contributed by atoms with van der Waals surface area (Å²) < 4.78 is 0. The molecule has 2 aromatic rings. The summed E-state index contributed by atoms with van der Waals surface area (Å²) in [5.41, 5.74) is 0.837. The minimum atomic E-state index is -1.02. The zero-order valence-electron chi connectivity index (χ0n) is 12.6. The third kappa shape index (κ3) is 4.82. The van der Waals surface area contributed by atoms with E-state index in [-0.39, 0.29) is 12.0 Å². The van der Waals surface area contributed by atoms with Crippen LogP contribution in [0.2, 0.25) is 0 Å². The maximum Gasteiger partial charge on any atom is 0.336 e. The molecule has 0 aliphatic carbocycles. The molecular weight excluding hydrogens is 334 g/mol. The van der Waals surface area contributed by atoms with Gasteiger partial charge in [0.25, 0.3) is 17.3 Å². The number of amides is 1. The first kappa shape index (κ1) is 17.5. The van der Waals surface area contributed by atoms with Gasteiger partial charge in [-0.15, -0.1) is 0 Å². The van der Waals surface area contributed by atoms with Crippen molar-refractivity contribution in [3.8, 4) is 0 Å². The first-order chi connectivity index (χ1) is 11.9. The monoisotopic (exact) mass is 345 g/mol. The quantitative estimate of drug-likeness (QED) is 0.644. The highest BCUT2D eigenvalue weighted by Crippen LogP contribution is 2.22. The van der Waals surface area contributed by atoms with Gasteiger partial charge < -0.3 is 4.84 Å². The summed E-state index contributed by atoms with van der Waals surface area (Å²) in [5.74, 6) is -1.78. The van der Waals surface area contributed by atoms with Crippen molar-refractivity contribution in [1.82, 2.24) is 5.48 Å². The Morgan fingerprint density at radius 3 is 2.04 bits per heavy atom. The van der Waals surface area contributed by atoms with Gasteiger partial charge in [0.15, 0.2) is 0 Å². The van der Waals surface area contributed by atoms with Crippen molar-refractivity contribution in [2.24, 2.45) is 0 Å². The summed E-state index contributed by atoms with van der Waals surface area (Å²) >= 11 is 0. The Morgan fingerprint density at radius 1 is 0.960 bits per heavy atom. The fourth-order valence-electron chi connectivity index (χ4n) is 1.90. The average molecular weight is 345 g/mol. The molecule has 2 rings (SSSR count). The second kappa shape index (κ2) is 7.64. The van der Waals surface area contributed by atoms with Gasteiger partial charge >= 0.3 is 5.97 Å². The zero-order valence-corrected chi connectivity index (χ0v) is 12.6. The Kier molecular flexibility index (Phi) is 5.36. The molecule has 25 heavy (non-hydrogen) atoms. The van der Waals surface area contributed by atoms with Gasteiger partial charge in [0.1, 0.15) is 0 Å². The normalized spacial score (nSPS) is 9.92.